The number of hydrogen-bond acceptors (Lipinski definition) is 2. The molecule has 0 fully saturated rings. The lowest BCUT2D eigenvalue weighted by Gasteiger charge is -2.15. The lowest BCUT2D eigenvalue weighted by atomic mass is 10.1. The highest BCUT2D eigenvalue weighted by Crippen LogP contribution is 2.31. The van der Waals surface area contributed by atoms with Gasteiger partial charge >= 0.3 is 0 Å². The molecule has 0 heterocycles. The predicted octanol–water partition coefficient (Wildman–Crippen LogP) is 4.54. The smallest absolute Gasteiger partial charge is 0.133 e. The monoisotopic (exact) mass is 256 g/mol. The molecule has 2 heteroatoms. The van der Waals surface area contributed by atoms with E-state index in [1.165, 1.54) is 11.1 Å². The molecule has 0 bridgehead atoms. The van der Waals surface area contributed by atoms with Gasteiger partial charge in [-0.05, 0) is 49.6 Å². The van der Waals surface area contributed by atoms with E-state index >= 15 is 0 Å². The van der Waals surface area contributed by atoms with E-state index in [1.807, 2.05) is 49.4 Å². The third kappa shape index (κ3) is 3.15. The van der Waals surface area contributed by atoms with Crippen molar-refractivity contribution in [3.05, 3.63) is 59.2 Å². The standard InChI is InChI=1S/C17H20O2/c1-4-16(18)15-7-5-6-8-17(15)19-14-10-9-12(2)13(3)11-14/h5-11,16,18H,4H2,1-3H3. The molecular weight excluding hydrogens is 236 g/mol. The molecule has 0 aromatic heterocycles. The van der Waals surface area contributed by atoms with Gasteiger partial charge in [0.05, 0.1) is 6.10 Å². The zero-order chi connectivity index (χ0) is 13.8. The third-order valence-electron chi connectivity index (χ3n) is 3.37. The molecule has 19 heavy (non-hydrogen) atoms. The number of benzene rings is 2. The molecule has 0 aliphatic rings. The zero-order valence-corrected chi connectivity index (χ0v) is 11.7. The van der Waals surface area contributed by atoms with Crippen LogP contribution in [0.4, 0.5) is 0 Å². The van der Waals surface area contributed by atoms with Gasteiger partial charge in [0.15, 0.2) is 0 Å². The number of aliphatic hydroxyl groups is 1. The molecule has 0 saturated heterocycles. The van der Waals surface area contributed by atoms with Crippen LogP contribution >= 0.6 is 0 Å². The molecule has 100 valence electrons. The van der Waals surface area contributed by atoms with E-state index in [1.54, 1.807) is 0 Å². The van der Waals surface area contributed by atoms with E-state index in [0.717, 1.165) is 17.1 Å². The van der Waals surface area contributed by atoms with E-state index in [9.17, 15) is 5.11 Å². The van der Waals surface area contributed by atoms with Crippen LogP contribution in [-0.4, -0.2) is 5.11 Å². The topological polar surface area (TPSA) is 29.5 Å². The first-order valence-electron chi connectivity index (χ1n) is 6.64. The maximum atomic E-state index is 10.0. The van der Waals surface area contributed by atoms with Crippen molar-refractivity contribution in [2.45, 2.75) is 33.3 Å². The summed E-state index contributed by atoms with van der Waals surface area (Å²) in [5.74, 6) is 1.53. The molecule has 2 aromatic rings. The largest absolute Gasteiger partial charge is 0.457 e. The van der Waals surface area contributed by atoms with Crippen LogP contribution in [0, 0.1) is 13.8 Å². The summed E-state index contributed by atoms with van der Waals surface area (Å²) in [6.45, 7) is 6.10. The van der Waals surface area contributed by atoms with Gasteiger partial charge < -0.3 is 9.84 Å². The van der Waals surface area contributed by atoms with Gasteiger partial charge in [-0.15, -0.1) is 0 Å². The van der Waals surface area contributed by atoms with Gasteiger partial charge in [0.1, 0.15) is 11.5 Å². The molecule has 0 aliphatic carbocycles. The van der Waals surface area contributed by atoms with Crippen LogP contribution in [0.5, 0.6) is 11.5 Å². The van der Waals surface area contributed by atoms with Crippen LogP contribution < -0.4 is 4.74 Å². The fraction of sp³-hybridized carbons (Fsp3) is 0.294. The Bertz CT molecular complexity index is 561. The van der Waals surface area contributed by atoms with Crippen LogP contribution in [0.15, 0.2) is 42.5 Å². The first-order valence-corrected chi connectivity index (χ1v) is 6.64. The summed E-state index contributed by atoms with van der Waals surface area (Å²) in [5.41, 5.74) is 3.28. The van der Waals surface area contributed by atoms with Crippen LogP contribution in [0.25, 0.3) is 0 Å². The number of ether oxygens (including phenoxy) is 1. The average molecular weight is 256 g/mol. The Balaban J connectivity index is 2.30. The minimum Gasteiger partial charge on any atom is -0.457 e. The zero-order valence-electron chi connectivity index (χ0n) is 11.7. The SMILES string of the molecule is CCC(O)c1ccccc1Oc1ccc(C)c(C)c1. The highest BCUT2D eigenvalue weighted by Gasteiger charge is 2.11. The van der Waals surface area contributed by atoms with Gasteiger partial charge in [-0.25, -0.2) is 0 Å². The van der Waals surface area contributed by atoms with Crippen molar-refractivity contribution in [2.75, 3.05) is 0 Å². The Labute approximate surface area is 114 Å². The molecule has 0 spiro atoms. The molecule has 2 aromatic carbocycles. The van der Waals surface area contributed by atoms with Crippen molar-refractivity contribution in [2.24, 2.45) is 0 Å². The summed E-state index contributed by atoms with van der Waals surface area (Å²) in [4.78, 5) is 0. The highest BCUT2D eigenvalue weighted by atomic mass is 16.5. The summed E-state index contributed by atoms with van der Waals surface area (Å²) < 4.78 is 5.91. The maximum absolute atomic E-state index is 10.0. The van der Waals surface area contributed by atoms with Crippen molar-refractivity contribution in [1.29, 1.82) is 0 Å². The molecule has 1 atom stereocenters. The first-order chi connectivity index (χ1) is 9.11. The second kappa shape index (κ2) is 5.89. The molecule has 0 radical (unpaired) electrons. The Morgan fingerprint density at radius 1 is 1.05 bits per heavy atom. The minimum atomic E-state index is -0.484. The van der Waals surface area contributed by atoms with Crippen molar-refractivity contribution in [3.8, 4) is 11.5 Å². The van der Waals surface area contributed by atoms with Gasteiger partial charge in [-0.2, -0.15) is 0 Å². The maximum Gasteiger partial charge on any atom is 0.133 e. The van der Waals surface area contributed by atoms with E-state index in [2.05, 4.69) is 13.8 Å². The minimum absolute atomic E-state index is 0.484. The molecule has 2 rings (SSSR count). The quantitative estimate of drug-likeness (QED) is 0.870. The Morgan fingerprint density at radius 2 is 1.79 bits per heavy atom. The van der Waals surface area contributed by atoms with Gasteiger partial charge in [-0.1, -0.05) is 31.2 Å². The lowest BCUT2D eigenvalue weighted by Crippen LogP contribution is -1.98. The molecule has 0 amide bonds. The van der Waals surface area contributed by atoms with Crippen molar-refractivity contribution in [3.63, 3.8) is 0 Å². The van der Waals surface area contributed by atoms with E-state index in [0.29, 0.717) is 6.42 Å². The Kier molecular flexibility index (Phi) is 4.23. The first kappa shape index (κ1) is 13.6. The summed E-state index contributed by atoms with van der Waals surface area (Å²) >= 11 is 0. The van der Waals surface area contributed by atoms with Crippen LogP contribution in [0.2, 0.25) is 0 Å². The fourth-order valence-electron chi connectivity index (χ4n) is 1.97. The second-order valence-electron chi connectivity index (χ2n) is 4.81. The molecule has 1 unspecified atom stereocenters. The van der Waals surface area contributed by atoms with Gasteiger partial charge in [0, 0.05) is 5.56 Å². The number of aliphatic hydroxyl groups excluding tert-OH is 1. The molecule has 0 saturated carbocycles. The van der Waals surface area contributed by atoms with Crippen LogP contribution in [-0.2, 0) is 0 Å². The van der Waals surface area contributed by atoms with Crippen molar-refractivity contribution in [1.82, 2.24) is 0 Å². The summed E-state index contributed by atoms with van der Waals surface area (Å²) in [7, 11) is 0. The lowest BCUT2D eigenvalue weighted by molar-refractivity contribution is 0.170. The number of rotatable bonds is 4. The van der Waals surface area contributed by atoms with Gasteiger partial charge in [0.25, 0.3) is 0 Å². The molecule has 1 N–H and O–H groups in total. The number of aryl methyl sites for hydroxylation is 2. The van der Waals surface area contributed by atoms with Crippen LogP contribution in [0.3, 0.4) is 0 Å². The summed E-state index contributed by atoms with van der Waals surface area (Å²) in [6.07, 6.45) is 0.190. The van der Waals surface area contributed by atoms with Gasteiger partial charge in [0.2, 0.25) is 0 Å². The Hall–Kier alpha value is -1.80. The van der Waals surface area contributed by atoms with Crippen LogP contribution in [0.1, 0.15) is 36.1 Å². The molecule has 2 nitrogen and oxygen atoms in total. The molecular formula is C17H20O2. The normalized spacial score (nSPS) is 12.2. The predicted molar refractivity (Wildman–Crippen MR) is 77.7 cm³/mol. The molecule has 0 aliphatic heterocycles. The van der Waals surface area contributed by atoms with Gasteiger partial charge in [-0.3, -0.25) is 0 Å². The highest BCUT2D eigenvalue weighted by molar-refractivity contribution is 5.41. The summed E-state index contributed by atoms with van der Waals surface area (Å²) in [6, 6.07) is 13.7. The number of hydrogen-bond donors (Lipinski definition) is 1. The van der Waals surface area contributed by atoms with E-state index < -0.39 is 6.10 Å². The average Bonchev–Trinajstić information content (AvgIpc) is 2.43. The third-order valence-corrected chi connectivity index (χ3v) is 3.37. The summed E-state index contributed by atoms with van der Waals surface area (Å²) in [5, 5.41) is 10.0. The Morgan fingerprint density at radius 3 is 2.47 bits per heavy atom. The fourth-order valence-corrected chi connectivity index (χ4v) is 1.97. The second-order valence-corrected chi connectivity index (χ2v) is 4.81. The van der Waals surface area contributed by atoms with E-state index in [4.69, 9.17) is 4.74 Å². The number of para-hydroxylation sites is 1. The van der Waals surface area contributed by atoms with E-state index in [-0.39, 0.29) is 0 Å². The van der Waals surface area contributed by atoms with Crippen molar-refractivity contribution < 1.29 is 9.84 Å². The van der Waals surface area contributed by atoms with Crippen molar-refractivity contribution >= 4 is 0 Å².